The maximum Gasteiger partial charge on any atom is 1.00 e. The number of nitrogens with zero attached hydrogens (tertiary/aromatic N) is 1. The van der Waals surface area contributed by atoms with Crippen molar-refractivity contribution in [3.8, 4) is 0 Å². The molecule has 0 N–H and O–H groups in total. The van der Waals surface area contributed by atoms with Gasteiger partial charge in [-0.25, -0.2) is 0 Å². The molecular formula is C51H102LiNO2. The van der Waals surface area contributed by atoms with E-state index in [2.05, 4.69) is 25.7 Å². The van der Waals surface area contributed by atoms with E-state index < -0.39 is 5.97 Å². The Kier molecular flexibility index (Phi) is 52.1. The molecule has 0 rings (SSSR count). The Morgan fingerprint density at radius 2 is 0.545 bits per heavy atom. The van der Waals surface area contributed by atoms with Gasteiger partial charge in [0, 0.05) is 12.0 Å². The van der Waals surface area contributed by atoms with Gasteiger partial charge in [0.25, 0.3) is 0 Å². The second-order valence-electron chi connectivity index (χ2n) is 17.9. The molecule has 0 aromatic rings. The van der Waals surface area contributed by atoms with Gasteiger partial charge in [-0.2, -0.15) is 0 Å². The Bertz CT molecular complexity index is 656. The maximum absolute atomic E-state index is 11.1. The van der Waals surface area contributed by atoms with Gasteiger partial charge >= 0.3 is 18.9 Å². The number of hydrogen-bond donors (Lipinski definition) is 0. The number of carbonyl (C=O) groups excluding carboxylic acids is 1. The van der Waals surface area contributed by atoms with Crippen LogP contribution in [-0.2, 0) is 4.79 Å². The van der Waals surface area contributed by atoms with E-state index in [1.807, 2.05) is 0 Å². The summed E-state index contributed by atoms with van der Waals surface area (Å²) in [6.07, 6.45) is 60.6. The van der Waals surface area contributed by atoms with Gasteiger partial charge in [-0.05, 0) is 45.7 Å². The Hall–Kier alpha value is 0.0274. The van der Waals surface area contributed by atoms with Crippen LogP contribution in [0.3, 0.4) is 0 Å². The molecule has 0 aliphatic rings. The van der Waals surface area contributed by atoms with Crippen molar-refractivity contribution in [3.63, 3.8) is 0 Å². The molecule has 1 atom stereocenters. The fraction of sp³-hybridized carbons (Fsp3) is 0.980. The van der Waals surface area contributed by atoms with Crippen LogP contribution in [0.4, 0.5) is 0 Å². The second kappa shape index (κ2) is 50.2. The summed E-state index contributed by atoms with van der Waals surface area (Å²) in [7, 11) is 0. The fourth-order valence-corrected chi connectivity index (χ4v) is 8.56. The van der Waals surface area contributed by atoms with Crippen molar-refractivity contribution in [2.24, 2.45) is 0 Å². The molecule has 55 heavy (non-hydrogen) atoms. The van der Waals surface area contributed by atoms with Crippen LogP contribution in [0.25, 0.3) is 0 Å². The van der Waals surface area contributed by atoms with E-state index in [9.17, 15) is 9.90 Å². The average molecular weight is 768 g/mol. The molecule has 0 radical (unpaired) electrons. The standard InChI is InChI=1S/C51H103NO2.Li/c1-4-6-8-10-12-14-16-18-20-22-24-26-28-30-32-34-36-38-40-42-44-48-52(50(3)46-47-51(53)54)49-45-43-41-39-37-35-33-31-29-27-25-23-21-19-17-15-13-11-9-7-5-2;/h50H,4-49H2,1-3H3,(H,53,54);/q;+1/p-1. The summed E-state index contributed by atoms with van der Waals surface area (Å²) in [6.45, 7) is 9.10. The summed E-state index contributed by atoms with van der Waals surface area (Å²) in [5, 5.41) is 11.1. The predicted octanol–water partition coefficient (Wildman–Crippen LogP) is 13.6. The van der Waals surface area contributed by atoms with E-state index in [-0.39, 0.29) is 25.3 Å². The summed E-state index contributed by atoms with van der Waals surface area (Å²) in [6, 6.07) is 0.345. The third kappa shape index (κ3) is 48.3. The first-order valence-electron chi connectivity index (χ1n) is 25.6. The molecule has 0 bridgehead atoms. The van der Waals surface area contributed by atoms with Gasteiger partial charge in [0.05, 0.1) is 0 Å². The van der Waals surface area contributed by atoms with E-state index in [1.54, 1.807) is 0 Å². The molecular weight excluding hydrogens is 666 g/mol. The van der Waals surface area contributed by atoms with Crippen molar-refractivity contribution >= 4 is 5.97 Å². The maximum atomic E-state index is 11.1. The van der Waals surface area contributed by atoms with Gasteiger partial charge in [-0.3, -0.25) is 0 Å². The Labute approximate surface area is 360 Å². The molecule has 0 fully saturated rings. The zero-order valence-electron chi connectivity index (χ0n) is 38.9. The summed E-state index contributed by atoms with van der Waals surface area (Å²) < 4.78 is 0. The van der Waals surface area contributed by atoms with Crippen LogP contribution in [0, 0.1) is 0 Å². The van der Waals surface area contributed by atoms with Crippen molar-refractivity contribution in [2.45, 2.75) is 309 Å². The van der Waals surface area contributed by atoms with Crippen molar-refractivity contribution in [1.82, 2.24) is 4.90 Å². The van der Waals surface area contributed by atoms with Crippen LogP contribution in [0.1, 0.15) is 303 Å². The number of carboxylic acid groups (broad SMARTS) is 1. The van der Waals surface area contributed by atoms with Gasteiger partial charge < -0.3 is 14.8 Å². The molecule has 3 nitrogen and oxygen atoms in total. The third-order valence-corrected chi connectivity index (χ3v) is 12.5. The van der Waals surface area contributed by atoms with Crippen molar-refractivity contribution in [1.29, 1.82) is 0 Å². The summed E-state index contributed by atoms with van der Waals surface area (Å²) >= 11 is 0. The van der Waals surface area contributed by atoms with Crippen LogP contribution in [0.15, 0.2) is 0 Å². The van der Waals surface area contributed by atoms with Crippen molar-refractivity contribution in [3.05, 3.63) is 0 Å². The smallest absolute Gasteiger partial charge is 0.550 e. The summed E-state index contributed by atoms with van der Waals surface area (Å²) in [5.74, 6) is -0.898. The molecule has 4 heteroatoms. The predicted molar refractivity (Wildman–Crippen MR) is 241 cm³/mol. The van der Waals surface area contributed by atoms with Gasteiger partial charge in [-0.1, -0.05) is 271 Å². The second-order valence-corrected chi connectivity index (χ2v) is 17.9. The number of carboxylic acids is 1. The van der Waals surface area contributed by atoms with E-state index in [0.717, 1.165) is 19.5 Å². The zero-order chi connectivity index (χ0) is 39.3. The summed E-state index contributed by atoms with van der Waals surface area (Å²) in [4.78, 5) is 13.7. The molecule has 0 amide bonds. The number of hydrogen-bond acceptors (Lipinski definition) is 3. The Balaban J connectivity index is 0. The average Bonchev–Trinajstić information content (AvgIpc) is 3.17. The van der Waals surface area contributed by atoms with Crippen LogP contribution in [-0.4, -0.2) is 30.0 Å². The van der Waals surface area contributed by atoms with E-state index in [1.165, 1.54) is 270 Å². The molecule has 0 aliphatic carbocycles. The topological polar surface area (TPSA) is 43.4 Å². The molecule has 0 aromatic carbocycles. The zero-order valence-corrected chi connectivity index (χ0v) is 38.9. The number of unbranched alkanes of at least 4 members (excludes halogenated alkanes) is 40. The fourth-order valence-electron chi connectivity index (χ4n) is 8.56. The molecule has 0 aromatic heterocycles. The normalized spacial score (nSPS) is 12.1. The summed E-state index contributed by atoms with van der Waals surface area (Å²) in [5.41, 5.74) is 0. The third-order valence-electron chi connectivity index (χ3n) is 12.5. The molecule has 324 valence electrons. The van der Waals surface area contributed by atoms with Crippen molar-refractivity contribution in [2.75, 3.05) is 13.1 Å². The molecule has 1 unspecified atom stereocenters. The first kappa shape index (κ1) is 57.1. The van der Waals surface area contributed by atoms with E-state index in [0.29, 0.717) is 6.04 Å². The molecule has 0 saturated carbocycles. The minimum atomic E-state index is -0.898. The minimum absolute atomic E-state index is 0. The first-order chi connectivity index (χ1) is 26.6. The monoisotopic (exact) mass is 768 g/mol. The van der Waals surface area contributed by atoms with Crippen molar-refractivity contribution < 1.29 is 28.8 Å². The minimum Gasteiger partial charge on any atom is -0.550 e. The molecule has 0 spiro atoms. The number of rotatable bonds is 48. The molecule has 0 aliphatic heterocycles. The Morgan fingerprint density at radius 1 is 0.364 bits per heavy atom. The quantitative estimate of drug-likeness (QED) is 0.0457. The first-order valence-corrected chi connectivity index (χ1v) is 25.6. The molecule has 0 heterocycles. The molecule has 0 saturated heterocycles. The van der Waals surface area contributed by atoms with Crippen LogP contribution >= 0.6 is 0 Å². The Morgan fingerprint density at radius 3 is 0.727 bits per heavy atom. The van der Waals surface area contributed by atoms with Crippen LogP contribution < -0.4 is 24.0 Å². The SMILES string of the molecule is CCCCCCCCCCCCCCCCCCCCCCCN(CCCCCCCCCCCCCCCCCCCCCCC)C(C)CCC(=O)[O-].[Li+]. The van der Waals surface area contributed by atoms with Crippen LogP contribution in [0.2, 0.25) is 0 Å². The largest absolute Gasteiger partial charge is 1.00 e. The number of carbonyl (C=O) groups is 1. The van der Waals surface area contributed by atoms with Gasteiger partial charge in [0.1, 0.15) is 0 Å². The van der Waals surface area contributed by atoms with Crippen LogP contribution in [0.5, 0.6) is 0 Å². The van der Waals surface area contributed by atoms with E-state index >= 15 is 0 Å². The van der Waals surface area contributed by atoms with Gasteiger partial charge in [0.15, 0.2) is 0 Å². The van der Waals surface area contributed by atoms with Gasteiger partial charge in [-0.15, -0.1) is 0 Å². The van der Waals surface area contributed by atoms with Gasteiger partial charge in [0.2, 0.25) is 0 Å². The number of aliphatic carboxylic acids is 1. The van der Waals surface area contributed by atoms with E-state index in [4.69, 9.17) is 0 Å².